The monoisotopic (exact) mass is 806 g/mol. The van der Waals surface area contributed by atoms with Crippen molar-refractivity contribution in [3.63, 3.8) is 0 Å². The molecule has 306 valence electrons. The van der Waals surface area contributed by atoms with Gasteiger partial charge in [-0.25, -0.2) is 9.59 Å². The minimum Gasteiger partial charge on any atom is -0.478 e. The average molecular weight is 807 g/mol. The van der Waals surface area contributed by atoms with Crippen molar-refractivity contribution in [2.45, 2.75) is 77.3 Å². The molecule has 0 spiro atoms. The second kappa shape index (κ2) is 17.1. The summed E-state index contributed by atoms with van der Waals surface area (Å²) >= 11 is 0. The van der Waals surface area contributed by atoms with Crippen LogP contribution in [0.3, 0.4) is 0 Å². The molecule has 4 aromatic heterocycles. The fraction of sp³-hybridized carbons (Fsp3) is 0.245. The first-order chi connectivity index (χ1) is 29.7. The molecule has 8 nitrogen and oxygen atoms in total. The molecule has 4 heterocycles. The van der Waals surface area contributed by atoms with E-state index in [-0.39, 0.29) is 5.97 Å². The molecule has 2 saturated carbocycles. The van der Waals surface area contributed by atoms with Crippen molar-refractivity contribution in [1.82, 2.24) is 19.1 Å². The number of benzene rings is 4. The number of carbonyl (C=O) groups excluding carboxylic acids is 1. The number of esters is 1. The van der Waals surface area contributed by atoms with Gasteiger partial charge in [-0.15, -0.1) is 0 Å². The number of aryl methyl sites for hydroxylation is 2. The number of hydrogen-bond acceptors (Lipinski definition) is 5. The maximum absolute atomic E-state index is 12.4. The molecule has 8 heteroatoms. The molecular weight excluding hydrogens is 757 g/mol. The number of nitrogens with zero attached hydrogens (tertiary/aromatic N) is 4. The van der Waals surface area contributed by atoms with E-state index >= 15 is 0 Å². The van der Waals surface area contributed by atoms with E-state index in [4.69, 9.17) is 4.74 Å². The number of hydrogen-bond donors (Lipinski definition) is 1. The first-order valence-electron chi connectivity index (χ1n) is 21.3. The zero-order chi connectivity index (χ0) is 42.0. The summed E-state index contributed by atoms with van der Waals surface area (Å²) in [6.45, 7) is 5.95. The fourth-order valence-corrected chi connectivity index (χ4v) is 8.56. The zero-order valence-corrected chi connectivity index (χ0v) is 35.0. The van der Waals surface area contributed by atoms with Gasteiger partial charge in [0.15, 0.2) is 0 Å². The highest BCUT2D eigenvalue weighted by Gasteiger charge is 2.27. The Morgan fingerprint density at radius 2 is 1.07 bits per heavy atom. The van der Waals surface area contributed by atoms with E-state index in [2.05, 4.69) is 130 Å². The van der Waals surface area contributed by atoms with Crippen LogP contribution in [0.5, 0.6) is 0 Å². The van der Waals surface area contributed by atoms with Crippen molar-refractivity contribution < 1.29 is 19.4 Å². The summed E-state index contributed by atoms with van der Waals surface area (Å²) in [6.07, 6.45) is 13.8. The first-order valence-corrected chi connectivity index (χ1v) is 21.3. The van der Waals surface area contributed by atoms with Crippen molar-refractivity contribution in [2.75, 3.05) is 7.11 Å². The summed E-state index contributed by atoms with van der Waals surface area (Å²) in [6, 6.07) is 37.7. The van der Waals surface area contributed by atoms with Crippen molar-refractivity contribution in [3.05, 3.63) is 201 Å². The molecule has 4 aromatic carbocycles. The third-order valence-corrected chi connectivity index (χ3v) is 12.5. The van der Waals surface area contributed by atoms with E-state index in [0.717, 1.165) is 48.3 Å². The lowest BCUT2D eigenvalue weighted by Crippen LogP contribution is -2.10. The molecule has 0 amide bonds. The molecule has 1 N–H and O–H groups in total. The van der Waals surface area contributed by atoms with Crippen LogP contribution >= 0.6 is 0 Å². The normalized spacial score (nSPS) is 13.6. The molecule has 10 rings (SSSR count). The molecule has 0 unspecified atom stereocenters. The van der Waals surface area contributed by atoms with Crippen LogP contribution in [-0.4, -0.2) is 43.3 Å². The van der Waals surface area contributed by atoms with Crippen molar-refractivity contribution in [1.29, 1.82) is 0 Å². The lowest BCUT2D eigenvalue weighted by Gasteiger charge is -2.12. The summed E-state index contributed by atoms with van der Waals surface area (Å²) < 4.78 is 9.59. The van der Waals surface area contributed by atoms with Crippen molar-refractivity contribution in [3.8, 4) is 0 Å². The number of methoxy groups -OCH3 is 1. The number of fused-ring (bicyclic) bond motifs is 2. The summed E-state index contributed by atoms with van der Waals surface area (Å²) in [5.74, 6) is -0.162. The molecule has 0 radical (unpaired) electrons. The maximum atomic E-state index is 12.4. The Balaban J connectivity index is 0.000000156. The second-order valence-corrected chi connectivity index (χ2v) is 16.6. The highest BCUT2D eigenvalue weighted by Crippen LogP contribution is 2.41. The van der Waals surface area contributed by atoms with E-state index in [9.17, 15) is 14.7 Å². The van der Waals surface area contributed by atoms with Crippen LogP contribution in [-0.2, 0) is 30.7 Å². The van der Waals surface area contributed by atoms with Gasteiger partial charge in [-0.3, -0.25) is 9.97 Å². The van der Waals surface area contributed by atoms with Crippen LogP contribution in [0.4, 0.5) is 0 Å². The molecule has 0 atom stereocenters. The first kappa shape index (κ1) is 39.6. The maximum Gasteiger partial charge on any atom is 0.339 e. The molecule has 2 fully saturated rings. The number of carboxylic acids is 1. The predicted molar refractivity (Wildman–Crippen MR) is 241 cm³/mol. The van der Waals surface area contributed by atoms with E-state index < -0.39 is 5.97 Å². The van der Waals surface area contributed by atoms with Crippen molar-refractivity contribution in [2.24, 2.45) is 0 Å². The number of ether oxygens (including phenoxy) is 1. The zero-order valence-electron chi connectivity index (χ0n) is 35.0. The molecule has 2 aliphatic rings. The summed E-state index contributed by atoms with van der Waals surface area (Å²) in [5, 5.41) is 12.2. The molecule has 61 heavy (non-hydrogen) atoms. The number of aromatic carboxylic acids is 1. The van der Waals surface area contributed by atoms with Gasteiger partial charge in [-0.05, 0) is 132 Å². The Kier molecular flexibility index (Phi) is 11.1. The molecule has 8 aromatic rings. The topological polar surface area (TPSA) is 99.2 Å². The third-order valence-electron chi connectivity index (χ3n) is 12.5. The predicted octanol–water partition coefficient (Wildman–Crippen LogP) is 11.2. The molecule has 2 aliphatic carbocycles. The molecule has 0 saturated heterocycles. The van der Waals surface area contributed by atoms with Gasteiger partial charge in [0, 0.05) is 72.5 Å². The van der Waals surface area contributed by atoms with Crippen LogP contribution in [0.2, 0.25) is 0 Å². The summed E-state index contributed by atoms with van der Waals surface area (Å²) in [4.78, 5) is 33.5. The number of carbonyl (C=O) groups is 2. The van der Waals surface area contributed by atoms with Crippen molar-refractivity contribution >= 4 is 33.7 Å². The van der Waals surface area contributed by atoms with Gasteiger partial charge in [-0.1, -0.05) is 72.8 Å². The second-order valence-electron chi connectivity index (χ2n) is 16.6. The Hall–Kier alpha value is -6.80. The van der Waals surface area contributed by atoms with E-state index in [1.54, 1.807) is 0 Å². The van der Waals surface area contributed by atoms with E-state index in [1.165, 1.54) is 69.6 Å². The van der Waals surface area contributed by atoms with Gasteiger partial charge in [0.1, 0.15) is 0 Å². The number of aromatic nitrogens is 4. The van der Waals surface area contributed by atoms with Gasteiger partial charge in [-0.2, -0.15) is 0 Å². The minimum atomic E-state index is -0.896. The SMILES string of the molecule is COC(=O)c1cc(C2CC2)cnc1Cc1ccc2c(ccn2Cc2ccccc2)c1C.Cc1c(Cc2ncc(C3CC3)cc2C(=O)O)ccc2c1ccn2Cc1ccccc1. The summed E-state index contributed by atoms with van der Waals surface area (Å²) in [7, 11) is 1.43. The fourth-order valence-electron chi connectivity index (χ4n) is 8.56. The van der Waals surface area contributed by atoms with Gasteiger partial charge < -0.3 is 19.0 Å². The van der Waals surface area contributed by atoms with E-state index in [1.807, 2.05) is 36.7 Å². The van der Waals surface area contributed by atoms with Crippen LogP contribution in [0.1, 0.15) is 114 Å². The highest BCUT2D eigenvalue weighted by atomic mass is 16.5. The Labute approximate surface area is 356 Å². The standard InChI is InChI=1S/C27H26N2O2.C26H24N2O2/c1-18-21(15-25-24(27(30)31-2)14-22(16-28-25)20-8-9-20)10-11-26-23(18)12-13-29(26)17-19-6-4-3-5-7-19;1-17-20(14-24-23(26(29)30)13-21(15-27-24)19-7-8-19)9-10-25-22(17)11-12-28(25)16-18-5-3-2-4-6-18/h3-7,10-14,16,20H,8-9,15,17H2,1-2H3;2-6,9-13,15,19H,7-8,14,16H2,1H3,(H,29,30). The molecular formula is C53H50N4O4. The van der Waals surface area contributed by atoms with Gasteiger partial charge in [0.25, 0.3) is 0 Å². The van der Waals surface area contributed by atoms with Crippen LogP contribution in [0, 0.1) is 13.8 Å². The summed E-state index contributed by atoms with van der Waals surface area (Å²) in [5.41, 5.74) is 14.2. The highest BCUT2D eigenvalue weighted by molar-refractivity contribution is 5.91. The van der Waals surface area contributed by atoms with Gasteiger partial charge >= 0.3 is 11.9 Å². The molecule has 0 bridgehead atoms. The Morgan fingerprint density at radius 3 is 1.49 bits per heavy atom. The van der Waals surface area contributed by atoms with E-state index in [0.29, 0.717) is 41.5 Å². The average Bonchev–Trinajstić information content (AvgIpc) is 4.23. The quantitative estimate of drug-likeness (QED) is 0.123. The van der Waals surface area contributed by atoms with Crippen LogP contribution < -0.4 is 0 Å². The largest absolute Gasteiger partial charge is 0.478 e. The smallest absolute Gasteiger partial charge is 0.339 e. The van der Waals surface area contributed by atoms with Crippen LogP contribution in [0.15, 0.2) is 134 Å². The van der Waals surface area contributed by atoms with Crippen LogP contribution in [0.25, 0.3) is 21.8 Å². The lowest BCUT2D eigenvalue weighted by molar-refractivity contribution is 0.0598. The lowest BCUT2D eigenvalue weighted by atomic mass is 9.97. The number of rotatable bonds is 12. The Bertz CT molecular complexity index is 2890. The number of carboxylic acid groups (broad SMARTS) is 1. The van der Waals surface area contributed by atoms with Gasteiger partial charge in [0.05, 0.1) is 29.6 Å². The van der Waals surface area contributed by atoms with Gasteiger partial charge in [0.2, 0.25) is 0 Å². The molecule has 0 aliphatic heterocycles. The Morgan fingerprint density at radius 1 is 0.623 bits per heavy atom. The number of pyridine rings is 2. The minimum absolute atomic E-state index is 0.308. The third kappa shape index (κ3) is 8.62.